The van der Waals surface area contributed by atoms with Gasteiger partial charge in [0, 0.05) is 29.4 Å². The van der Waals surface area contributed by atoms with Crippen LogP contribution in [0.5, 0.6) is 5.75 Å². The van der Waals surface area contributed by atoms with Gasteiger partial charge < -0.3 is 10.1 Å². The van der Waals surface area contributed by atoms with Gasteiger partial charge in [-0.2, -0.15) is 0 Å². The van der Waals surface area contributed by atoms with E-state index in [1.165, 1.54) is 27.0 Å². The monoisotopic (exact) mass is 473 g/mol. The van der Waals surface area contributed by atoms with Gasteiger partial charge in [0.1, 0.15) is 10.6 Å². The van der Waals surface area contributed by atoms with Crippen LogP contribution in [0.25, 0.3) is 21.3 Å². The lowest BCUT2D eigenvalue weighted by atomic mass is 9.73. The minimum atomic E-state index is -0.334. The molecule has 6 nitrogen and oxygen atoms in total. The molecule has 0 spiro atoms. The highest BCUT2D eigenvalue weighted by atomic mass is 32.1. The summed E-state index contributed by atoms with van der Waals surface area (Å²) in [5.74, 6) is 1.91. The molecule has 3 heterocycles. The van der Waals surface area contributed by atoms with E-state index < -0.39 is 0 Å². The van der Waals surface area contributed by atoms with Crippen LogP contribution in [-0.2, 0) is 13.0 Å². The van der Waals surface area contributed by atoms with E-state index in [0.29, 0.717) is 28.6 Å². The van der Waals surface area contributed by atoms with Crippen LogP contribution in [-0.4, -0.2) is 29.2 Å². The lowest BCUT2D eigenvalue weighted by molar-refractivity contribution is 0.371. The Hall–Kier alpha value is -3.16. The number of nitrogens with one attached hydrogen (secondary N) is 2. The molecule has 7 heteroatoms. The molecule has 1 unspecified atom stereocenters. The number of rotatable bonds is 5. The van der Waals surface area contributed by atoms with E-state index in [4.69, 9.17) is 4.74 Å². The van der Waals surface area contributed by atoms with Crippen molar-refractivity contribution in [3.63, 3.8) is 0 Å². The zero-order valence-electron chi connectivity index (χ0n) is 19.0. The molecule has 1 aliphatic heterocycles. The van der Waals surface area contributed by atoms with Gasteiger partial charge in [0.15, 0.2) is 0 Å². The Balaban J connectivity index is 1.33. The number of thiophene rings is 1. The van der Waals surface area contributed by atoms with E-state index in [0.717, 1.165) is 42.7 Å². The molecule has 1 saturated heterocycles. The van der Waals surface area contributed by atoms with Gasteiger partial charge in [0.25, 0.3) is 5.56 Å². The number of ether oxygens (including phenoxy) is 1. The predicted octanol–water partition coefficient (Wildman–Crippen LogP) is 4.14. The van der Waals surface area contributed by atoms with Crippen molar-refractivity contribution in [1.82, 2.24) is 14.9 Å². The fraction of sp³-hybridized carbons (Fsp3) is 0.333. The molecule has 2 aromatic carbocycles. The molecule has 6 rings (SSSR count). The fourth-order valence-corrected chi connectivity index (χ4v) is 6.91. The average molecular weight is 474 g/mol. The molecule has 2 aliphatic rings. The lowest BCUT2D eigenvalue weighted by Gasteiger charge is -2.32. The van der Waals surface area contributed by atoms with E-state index in [1.54, 1.807) is 7.11 Å². The SMILES string of the molecule is COc1cccc2c1CC[C@H]1CNC(CCn3c(=O)[nH]c4scc(-c5ccccc5)c4c3=O)[C@@H]21. The summed E-state index contributed by atoms with van der Waals surface area (Å²) in [5, 5.41) is 6.24. The van der Waals surface area contributed by atoms with E-state index >= 15 is 0 Å². The number of H-pyrrole nitrogens is 1. The molecule has 0 amide bonds. The number of aromatic amines is 1. The smallest absolute Gasteiger partial charge is 0.329 e. The minimum absolute atomic E-state index is 0.209. The quantitative estimate of drug-likeness (QED) is 0.457. The van der Waals surface area contributed by atoms with E-state index in [-0.39, 0.29) is 17.3 Å². The first kappa shape index (κ1) is 21.4. The maximum absolute atomic E-state index is 13.5. The Morgan fingerprint density at radius 1 is 1.12 bits per heavy atom. The molecule has 1 fully saturated rings. The Morgan fingerprint density at radius 3 is 2.79 bits per heavy atom. The van der Waals surface area contributed by atoms with Gasteiger partial charge in [-0.3, -0.25) is 14.3 Å². The maximum atomic E-state index is 13.5. The third kappa shape index (κ3) is 3.42. The average Bonchev–Trinajstić information content (AvgIpc) is 3.48. The summed E-state index contributed by atoms with van der Waals surface area (Å²) in [7, 11) is 1.73. The van der Waals surface area contributed by atoms with Crippen molar-refractivity contribution in [1.29, 1.82) is 0 Å². The summed E-state index contributed by atoms with van der Waals surface area (Å²) < 4.78 is 7.01. The highest BCUT2D eigenvalue weighted by Crippen LogP contribution is 2.45. The number of fused-ring (bicyclic) bond motifs is 4. The Kier molecular flexibility index (Phi) is 5.38. The van der Waals surface area contributed by atoms with Crippen LogP contribution in [0.4, 0.5) is 0 Å². The first-order valence-electron chi connectivity index (χ1n) is 11.8. The van der Waals surface area contributed by atoms with Crippen molar-refractivity contribution < 1.29 is 4.74 Å². The second-order valence-electron chi connectivity index (χ2n) is 9.26. The van der Waals surface area contributed by atoms with Crippen molar-refractivity contribution in [3.8, 4) is 16.9 Å². The van der Waals surface area contributed by atoms with Gasteiger partial charge in [-0.1, -0.05) is 42.5 Å². The summed E-state index contributed by atoms with van der Waals surface area (Å²) in [5.41, 5.74) is 3.98. The Morgan fingerprint density at radius 2 is 1.97 bits per heavy atom. The second kappa shape index (κ2) is 8.56. The van der Waals surface area contributed by atoms with Crippen LogP contribution >= 0.6 is 11.3 Å². The Labute approximate surface area is 201 Å². The molecular weight excluding hydrogens is 446 g/mol. The van der Waals surface area contributed by atoms with Crippen molar-refractivity contribution in [2.24, 2.45) is 5.92 Å². The van der Waals surface area contributed by atoms with Crippen molar-refractivity contribution in [2.75, 3.05) is 13.7 Å². The first-order valence-corrected chi connectivity index (χ1v) is 12.7. The van der Waals surface area contributed by atoms with Crippen LogP contribution in [0.15, 0.2) is 63.5 Å². The van der Waals surface area contributed by atoms with Crippen LogP contribution < -0.4 is 21.3 Å². The summed E-state index contributed by atoms with van der Waals surface area (Å²) in [6.07, 6.45) is 2.88. The van der Waals surface area contributed by atoms with Crippen molar-refractivity contribution in [2.45, 2.75) is 37.8 Å². The van der Waals surface area contributed by atoms with Gasteiger partial charge in [-0.05, 0) is 54.5 Å². The summed E-state index contributed by atoms with van der Waals surface area (Å²) in [4.78, 5) is 29.9. The number of nitrogens with zero attached hydrogens (tertiary/aromatic N) is 1. The molecule has 2 N–H and O–H groups in total. The van der Waals surface area contributed by atoms with Crippen molar-refractivity contribution >= 4 is 21.6 Å². The second-order valence-corrected chi connectivity index (χ2v) is 10.1. The zero-order valence-corrected chi connectivity index (χ0v) is 19.9. The summed E-state index contributed by atoms with van der Waals surface area (Å²) >= 11 is 1.41. The number of hydrogen-bond donors (Lipinski definition) is 2. The van der Waals surface area contributed by atoms with Gasteiger partial charge in [-0.25, -0.2) is 4.79 Å². The first-order chi connectivity index (χ1) is 16.7. The number of benzene rings is 2. The highest BCUT2D eigenvalue weighted by Gasteiger charge is 2.40. The number of aromatic nitrogens is 2. The molecule has 0 bridgehead atoms. The van der Waals surface area contributed by atoms with Gasteiger partial charge in [0.05, 0.1) is 12.5 Å². The summed E-state index contributed by atoms with van der Waals surface area (Å²) in [6, 6.07) is 16.4. The molecule has 174 valence electrons. The molecule has 1 aliphatic carbocycles. The van der Waals surface area contributed by atoms with Gasteiger partial charge in [-0.15, -0.1) is 11.3 Å². The topological polar surface area (TPSA) is 76.1 Å². The fourth-order valence-electron chi connectivity index (χ4n) is 5.96. The van der Waals surface area contributed by atoms with Gasteiger partial charge >= 0.3 is 5.69 Å². The summed E-state index contributed by atoms with van der Waals surface area (Å²) in [6.45, 7) is 1.35. The van der Waals surface area contributed by atoms with Crippen molar-refractivity contribution in [3.05, 3.63) is 85.9 Å². The van der Waals surface area contributed by atoms with E-state index in [9.17, 15) is 9.59 Å². The van der Waals surface area contributed by atoms with Crippen LogP contribution in [0, 0.1) is 5.92 Å². The van der Waals surface area contributed by atoms with Gasteiger partial charge in [0.2, 0.25) is 0 Å². The molecule has 34 heavy (non-hydrogen) atoms. The molecule has 3 atom stereocenters. The predicted molar refractivity (Wildman–Crippen MR) is 136 cm³/mol. The van der Waals surface area contributed by atoms with E-state index in [1.807, 2.05) is 41.8 Å². The number of hydrogen-bond acceptors (Lipinski definition) is 5. The largest absolute Gasteiger partial charge is 0.496 e. The normalized spacial score (nSPS) is 21.4. The Bertz CT molecular complexity index is 1470. The van der Waals surface area contributed by atoms with Crippen LogP contribution in [0.3, 0.4) is 0 Å². The molecule has 4 aromatic rings. The molecular formula is C27H27N3O3S. The molecule has 0 saturated carbocycles. The van der Waals surface area contributed by atoms with Crippen LogP contribution in [0.2, 0.25) is 0 Å². The standard InChI is InChI=1S/C27H27N3O3S/c1-33-22-9-5-8-19-18(22)11-10-17-14-28-21(23(17)19)12-13-30-26(31)24-20(16-6-3-2-4-7-16)15-34-25(24)29-27(30)32/h2-9,15,17,21,23,28H,10-14H2,1H3,(H,29,32)/t17-,21?,23+/m0/s1. The lowest BCUT2D eigenvalue weighted by Crippen LogP contribution is -2.37. The van der Waals surface area contributed by atoms with Crippen LogP contribution in [0.1, 0.15) is 29.9 Å². The third-order valence-corrected chi connectivity index (χ3v) is 8.46. The zero-order chi connectivity index (χ0) is 23.2. The minimum Gasteiger partial charge on any atom is -0.496 e. The third-order valence-electron chi connectivity index (χ3n) is 7.56. The highest BCUT2D eigenvalue weighted by molar-refractivity contribution is 7.17. The maximum Gasteiger partial charge on any atom is 0.329 e. The molecule has 2 aromatic heterocycles. The number of methoxy groups -OCH3 is 1. The van der Waals surface area contributed by atoms with E-state index in [2.05, 4.69) is 22.4 Å². The molecule has 0 radical (unpaired) electrons.